The number of carboxylic acids is 1. The number of carbonyl (C=O) groups excluding carboxylic acids is 1. The predicted octanol–water partition coefficient (Wildman–Crippen LogP) is -0.830. The first-order chi connectivity index (χ1) is 8.87. The quantitative estimate of drug-likeness (QED) is 0.699. The fraction of sp³-hybridized carbons (Fsp3) is 0.818. The van der Waals surface area contributed by atoms with Gasteiger partial charge in [-0.15, -0.1) is 0 Å². The number of nitrogens with one attached hydrogen (secondary N) is 1. The minimum absolute atomic E-state index is 0.0503. The van der Waals surface area contributed by atoms with Crippen LogP contribution in [0.4, 0.5) is 0 Å². The van der Waals surface area contributed by atoms with Crippen molar-refractivity contribution < 1.29 is 27.9 Å². The Balaban J connectivity index is 1.75. The van der Waals surface area contributed by atoms with E-state index in [-0.39, 0.29) is 23.3 Å². The lowest BCUT2D eigenvalue weighted by Gasteiger charge is -2.14. The van der Waals surface area contributed by atoms with Crippen LogP contribution in [0, 0.1) is 5.92 Å². The summed E-state index contributed by atoms with van der Waals surface area (Å²) >= 11 is 0. The van der Waals surface area contributed by atoms with E-state index < -0.39 is 28.0 Å². The summed E-state index contributed by atoms with van der Waals surface area (Å²) in [4.78, 5) is 22.4. The Bertz CT molecular complexity index is 474. The van der Waals surface area contributed by atoms with Gasteiger partial charge in [0.05, 0.1) is 11.5 Å². The third-order valence-electron chi connectivity index (χ3n) is 3.48. The highest BCUT2D eigenvalue weighted by Gasteiger charge is 2.35. The second-order valence-corrected chi connectivity index (χ2v) is 7.27. The summed E-state index contributed by atoms with van der Waals surface area (Å²) in [6.45, 7) is 0.301. The second kappa shape index (κ2) is 5.46. The molecule has 0 aromatic carbocycles. The summed E-state index contributed by atoms with van der Waals surface area (Å²) in [5.41, 5.74) is 0. The van der Waals surface area contributed by atoms with Crippen LogP contribution < -0.4 is 5.32 Å². The van der Waals surface area contributed by atoms with E-state index in [9.17, 15) is 18.0 Å². The SMILES string of the molecule is O=C(NCC1CCS(=O)(=O)C1)[C@@H]1CC[C@H](C(=O)O)O1. The normalized spacial score (nSPS) is 33.2. The topological polar surface area (TPSA) is 110 Å². The summed E-state index contributed by atoms with van der Waals surface area (Å²) in [5.74, 6) is -1.18. The van der Waals surface area contributed by atoms with Gasteiger partial charge in [-0.05, 0) is 25.2 Å². The molecule has 1 amide bonds. The minimum Gasteiger partial charge on any atom is -0.479 e. The average Bonchev–Trinajstić information content (AvgIpc) is 2.92. The van der Waals surface area contributed by atoms with Gasteiger partial charge in [-0.1, -0.05) is 0 Å². The Kier molecular flexibility index (Phi) is 4.10. The predicted molar refractivity (Wildman–Crippen MR) is 65.3 cm³/mol. The molecule has 0 bridgehead atoms. The zero-order chi connectivity index (χ0) is 14.0. The van der Waals surface area contributed by atoms with Gasteiger partial charge < -0.3 is 15.2 Å². The fourth-order valence-electron chi connectivity index (χ4n) is 2.40. The first kappa shape index (κ1) is 14.3. The van der Waals surface area contributed by atoms with Crippen molar-refractivity contribution in [1.82, 2.24) is 5.32 Å². The third kappa shape index (κ3) is 3.66. The molecule has 2 aliphatic rings. The number of amides is 1. The molecule has 2 heterocycles. The van der Waals surface area contributed by atoms with E-state index in [0.29, 0.717) is 25.8 Å². The number of sulfone groups is 1. The fourth-order valence-corrected chi connectivity index (χ4v) is 4.27. The molecule has 0 aromatic rings. The molecule has 0 spiro atoms. The molecule has 2 N–H and O–H groups in total. The average molecular weight is 291 g/mol. The second-order valence-electron chi connectivity index (χ2n) is 5.04. The molecule has 0 saturated carbocycles. The molecule has 0 aliphatic carbocycles. The first-order valence-corrected chi connectivity index (χ1v) is 8.06. The van der Waals surface area contributed by atoms with Crippen LogP contribution in [0.3, 0.4) is 0 Å². The molecule has 2 saturated heterocycles. The van der Waals surface area contributed by atoms with Crippen molar-refractivity contribution in [2.75, 3.05) is 18.1 Å². The molecule has 0 aromatic heterocycles. The summed E-state index contributed by atoms with van der Waals surface area (Å²) in [5, 5.41) is 11.4. The lowest BCUT2D eigenvalue weighted by molar-refractivity contribution is -0.151. The van der Waals surface area contributed by atoms with Crippen molar-refractivity contribution in [3.8, 4) is 0 Å². The molecular formula is C11H17NO6S. The Morgan fingerprint density at radius 3 is 2.42 bits per heavy atom. The molecule has 3 atom stereocenters. The molecular weight excluding hydrogens is 274 g/mol. The van der Waals surface area contributed by atoms with Gasteiger partial charge in [0.2, 0.25) is 5.91 Å². The standard InChI is InChI=1S/C11H17NO6S/c13-10(8-1-2-9(18-8)11(14)15)12-5-7-3-4-19(16,17)6-7/h7-9H,1-6H2,(H,12,13)(H,14,15)/t7?,8-,9+/m0/s1. The van der Waals surface area contributed by atoms with Crippen molar-refractivity contribution in [2.24, 2.45) is 5.92 Å². The van der Waals surface area contributed by atoms with Crippen molar-refractivity contribution in [2.45, 2.75) is 31.5 Å². The molecule has 7 nitrogen and oxygen atoms in total. The lowest BCUT2D eigenvalue weighted by atomic mass is 10.1. The third-order valence-corrected chi connectivity index (χ3v) is 5.32. The Labute approximate surface area is 111 Å². The van der Waals surface area contributed by atoms with Gasteiger partial charge in [-0.2, -0.15) is 0 Å². The lowest BCUT2D eigenvalue weighted by Crippen LogP contribution is -2.38. The van der Waals surface area contributed by atoms with Crippen LogP contribution in [0.1, 0.15) is 19.3 Å². The van der Waals surface area contributed by atoms with Crippen LogP contribution in [0.2, 0.25) is 0 Å². The molecule has 2 aliphatic heterocycles. The van der Waals surface area contributed by atoms with Gasteiger partial charge in [0, 0.05) is 6.54 Å². The van der Waals surface area contributed by atoms with Gasteiger partial charge >= 0.3 is 5.97 Å². The zero-order valence-corrected chi connectivity index (χ0v) is 11.2. The van der Waals surface area contributed by atoms with Crippen LogP contribution in [-0.2, 0) is 24.2 Å². The number of ether oxygens (including phenoxy) is 1. The first-order valence-electron chi connectivity index (χ1n) is 6.24. The maximum atomic E-state index is 11.8. The number of hydrogen-bond acceptors (Lipinski definition) is 5. The summed E-state index contributed by atoms with van der Waals surface area (Å²) < 4.78 is 27.6. The number of carbonyl (C=O) groups is 2. The Morgan fingerprint density at radius 2 is 1.89 bits per heavy atom. The summed E-state index contributed by atoms with van der Waals surface area (Å²) in [6.07, 6.45) is -0.384. The minimum atomic E-state index is -2.94. The van der Waals surface area contributed by atoms with E-state index in [4.69, 9.17) is 9.84 Å². The Hall–Kier alpha value is -1.15. The number of aliphatic carboxylic acids is 1. The van der Waals surface area contributed by atoms with Crippen molar-refractivity contribution in [3.63, 3.8) is 0 Å². The highest BCUT2D eigenvalue weighted by molar-refractivity contribution is 7.91. The zero-order valence-electron chi connectivity index (χ0n) is 10.4. The highest BCUT2D eigenvalue weighted by atomic mass is 32.2. The van der Waals surface area contributed by atoms with E-state index >= 15 is 0 Å². The molecule has 1 unspecified atom stereocenters. The number of carboxylic acid groups (broad SMARTS) is 1. The van der Waals surface area contributed by atoms with Gasteiger partial charge in [0.1, 0.15) is 6.10 Å². The van der Waals surface area contributed by atoms with Crippen LogP contribution in [-0.4, -0.2) is 55.7 Å². The van der Waals surface area contributed by atoms with Gasteiger partial charge in [-0.3, -0.25) is 4.79 Å². The van der Waals surface area contributed by atoms with E-state index in [1.807, 2.05) is 0 Å². The molecule has 108 valence electrons. The maximum Gasteiger partial charge on any atom is 0.332 e. The van der Waals surface area contributed by atoms with E-state index in [2.05, 4.69) is 5.32 Å². The van der Waals surface area contributed by atoms with Gasteiger partial charge in [0.25, 0.3) is 0 Å². The van der Waals surface area contributed by atoms with Crippen LogP contribution >= 0.6 is 0 Å². The van der Waals surface area contributed by atoms with E-state index in [1.165, 1.54) is 0 Å². The molecule has 8 heteroatoms. The summed E-state index contributed by atoms with van der Waals surface area (Å²) in [6, 6.07) is 0. The van der Waals surface area contributed by atoms with Crippen LogP contribution in [0.5, 0.6) is 0 Å². The molecule has 0 radical (unpaired) electrons. The van der Waals surface area contributed by atoms with Gasteiger partial charge in [0.15, 0.2) is 15.9 Å². The van der Waals surface area contributed by atoms with Crippen LogP contribution in [0.25, 0.3) is 0 Å². The van der Waals surface area contributed by atoms with Crippen molar-refractivity contribution >= 4 is 21.7 Å². The number of rotatable bonds is 4. The largest absolute Gasteiger partial charge is 0.479 e. The summed E-state index contributed by atoms with van der Waals surface area (Å²) in [7, 11) is -2.94. The molecule has 2 fully saturated rings. The van der Waals surface area contributed by atoms with Crippen molar-refractivity contribution in [3.05, 3.63) is 0 Å². The maximum absolute atomic E-state index is 11.8. The van der Waals surface area contributed by atoms with Crippen LogP contribution in [0.15, 0.2) is 0 Å². The van der Waals surface area contributed by atoms with Gasteiger partial charge in [-0.25, -0.2) is 13.2 Å². The van der Waals surface area contributed by atoms with E-state index in [1.54, 1.807) is 0 Å². The van der Waals surface area contributed by atoms with E-state index in [0.717, 1.165) is 0 Å². The highest BCUT2D eigenvalue weighted by Crippen LogP contribution is 2.21. The van der Waals surface area contributed by atoms with Crippen molar-refractivity contribution in [1.29, 1.82) is 0 Å². The molecule has 2 rings (SSSR count). The Morgan fingerprint density at radius 1 is 1.21 bits per heavy atom. The monoisotopic (exact) mass is 291 g/mol. The smallest absolute Gasteiger partial charge is 0.332 e. The number of hydrogen-bond donors (Lipinski definition) is 2. The molecule has 19 heavy (non-hydrogen) atoms.